The fourth-order valence-corrected chi connectivity index (χ4v) is 0.402. The summed E-state index contributed by atoms with van der Waals surface area (Å²) in [5, 5.41) is 0. The first kappa shape index (κ1) is 7.19. The van der Waals surface area contributed by atoms with E-state index in [1.165, 1.54) is 0 Å². The van der Waals surface area contributed by atoms with Crippen molar-refractivity contribution in [3.8, 4) is 0 Å². The van der Waals surface area contributed by atoms with Gasteiger partial charge in [0.15, 0.2) is 0 Å². The molecule has 1 fully saturated rings. The molecule has 1 heterocycles. The van der Waals surface area contributed by atoms with Crippen LogP contribution in [0.25, 0.3) is 0 Å². The SMILES string of the molecule is O.OP1(O)(O)OO1. The van der Waals surface area contributed by atoms with Crippen molar-refractivity contribution in [2.24, 2.45) is 0 Å². The van der Waals surface area contributed by atoms with Gasteiger partial charge in [-0.15, -0.1) is 0 Å². The van der Waals surface area contributed by atoms with Gasteiger partial charge in [-0.1, -0.05) is 0 Å². The Kier molecular flexibility index (Phi) is 1.15. The van der Waals surface area contributed by atoms with Crippen molar-refractivity contribution in [3.63, 3.8) is 0 Å². The summed E-state index contributed by atoms with van der Waals surface area (Å²) in [5.41, 5.74) is 0. The molecule has 1 rings (SSSR count). The first-order chi connectivity index (χ1) is 2.47. The van der Waals surface area contributed by atoms with E-state index in [2.05, 4.69) is 9.35 Å². The Hall–Kier alpha value is 0.190. The van der Waals surface area contributed by atoms with E-state index in [0.717, 1.165) is 0 Å². The normalized spacial score (nSPS) is 36.7. The molecule has 0 aromatic carbocycles. The summed E-state index contributed by atoms with van der Waals surface area (Å²) in [7, 11) is -4.80. The van der Waals surface area contributed by atoms with E-state index in [0.29, 0.717) is 0 Å². The Morgan fingerprint density at radius 3 is 1.14 bits per heavy atom. The van der Waals surface area contributed by atoms with Gasteiger partial charge in [0.05, 0.1) is 0 Å². The van der Waals surface area contributed by atoms with Crippen LogP contribution in [0.2, 0.25) is 0 Å². The van der Waals surface area contributed by atoms with Crippen molar-refractivity contribution in [2.45, 2.75) is 0 Å². The molecule has 0 bridgehead atoms. The Balaban J connectivity index is 0.000000360. The topological polar surface area (TPSA) is 117 Å². The minimum absolute atomic E-state index is 0. The van der Waals surface area contributed by atoms with Gasteiger partial charge in [0.25, 0.3) is 0 Å². The molecule has 0 aromatic rings. The molecule has 5 N–H and O–H groups in total. The van der Waals surface area contributed by atoms with E-state index in [1.54, 1.807) is 0 Å². The molecular weight excluding hydrogens is 127 g/mol. The van der Waals surface area contributed by atoms with E-state index in [9.17, 15) is 0 Å². The van der Waals surface area contributed by atoms with Crippen molar-refractivity contribution in [2.75, 3.05) is 0 Å². The molecule has 0 saturated carbocycles. The molecule has 1 aliphatic heterocycles. The molecule has 1 aliphatic rings. The van der Waals surface area contributed by atoms with Crippen LogP contribution in [0.15, 0.2) is 0 Å². The first-order valence-corrected chi connectivity index (χ1v) is 3.06. The molecule has 0 aliphatic carbocycles. The zero-order chi connectivity index (χ0) is 4.86. The quantitative estimate of drug-likeness (QED) is 0.205. The zero-order valence-corrected chi connectivity index (χ0v) is 4.00. The standard InChI is InChI=1S/H3O5P.H2O/c1-6(2,3)4-5-6;/h1-3H;1H2. The van der Waals surface area contributed by atoms with Gasteiger partial charge in [0.1, 0.15) is 0 Å². The van der Waals surface area contributed by atoms with Crippen molar-refractivity contribution in [3.05, 3.63) is 0 Å². The third-order valence-electron chi connectivity index (χ3n) is 0.275. The van der Waals surface area contributed by atoms with Crippen molar-refractivity contribution in [1.82, 2.24) is 0 Å². The number of rotatable bonds is 0. The summed E-state index contributed by atoms with van der Waals surface area (Å²) in [6, 6.07) is 0. The summed E-state index contributed by atoms with van der Waals surface area (Å²) in [4.78, 5) is 23.7. The molecule has 0 aromatic heterocycles. The molecule has 7 heteroatoms. The second-order valence-electron chi connectivity index (χ2n) is 0.982. The van der Waals surface area contributed by atoms with Crippen molar-refractivity contribution in [1.29, 1.82) is 0 Å². The Morgan fingerprint density at radius 2 is 1.14 bits per heavy atom. The summed E-state index contributed by atoms with van der Waals surface area (Å²) < 4.78 is 6.76. The number of hydrogen-bond acceptors (Lipinski definition) is 5. The molecule has 0 spiro atoms. The second kappa shape index (κ2) is 1.12. The Morgan fingerprint density at radius 1 is 1.00 bits per heavy atom. The van der Waals surface area contributed by atoms with Gasteiger partial charge in [0, 0.05) is 0 Å². The molecule has 1 saturated heterocycles. The van der Waals surface area contributed by atoms with Gasteiger partial charge in [-0.3, -0.25) is 0 Å². The van der Waals surface area contributed by atoms with Crippen LogP contribution in [0, 0.1) is 0 Å². The minimum atomic E-state index is -4.80. The molecule has 0 atom stereocenters. The summed E-state index contributed by atoms with van der Waals surface area (Å²) in [5.74, 6) is 0. The second-order valence-corrected chi connectivity index (χ2v) is 2.95. The van der Waals surface area contributed by atoms with Crippen LogP contribution in [-0.4, -0.2) is 20.2 Å². The van der Waals surface area contributed by atoms with Crippen LogP contribution in [0.4, 0.5) is 0 Å². The number of hydrogen-bond donors (Lipinski definition) is 3. The van der Waals surface area contributed by atoms with Crippen LogP contribution in [0.1, 0.15) is 0 Å². The molecule has 0 amide bonds. The van der Waals surface area contributed by atoms with Gasteiger partial charge < -0.3 is 5.48 Å². The van der Waals surface area contributed by atoms with Crippen molar-refractivity contribution < 1.29 is 29.5 Å². The molecule has 7 heavy (non-hydrogen) atoms. The van der Waals surface area contributed by atoms with Crippen LogP contribution in [0.3, 0.4) is 0 Å². The first-order valence-electron chi connectivity index (χ1n) is 1.13. The fraction of sp³-hybridized carbons (Fsp3) is 0. The summed E-state index contributed by atoms with van der Waals surface area (Å²) in [6.45, 7) is 0. The van der Waals surface area contributed by atoms with E-state index < -0.39 is 7.74 Å². The van der Waals surface area contributed by atoms with Gasteiger partial charge in [-0.05, 0) is 0 Å². The van der Waals surface area contributed by atoms with Crippen LogP contribution in [-0.2, 0) is 9.35 Å². The molecule has 0 unspecified atom stereocenters. The van der Waals surface area contributed by atoms with Crippen molar-refractivity contribution >= 4 is 7.74 Å². The third-order valence-corrected chi connectivity index (χ3v) is 0.824. The van der Waals surface area contributed by atoms with E-state index >= 15 is 0 Å². The molecule has 46 valence electrons. The van der Waals surface area contributed by atoms with E-state index in [-0.39, 0.29) is 5.48 Å². The van der Waals surface area contributed by atoms with Gasteiger partial charge in [-0.2, -0.15) is 0 Å². The van der Waals surface area contributed by atoms with Crippen LogP contribution in [0.5, 0.6) is 0 Å². The van der Waals surface area contributed by atoms with Crippen LogP contribution < -0.4 is 0 Å². The monoisotopic (exact) mass is 132 g/mol. The summed E-state index contributed by atoms with van der Waals surface area (Å²) in [6.07, 6.45) is 0. The van der Waals surface area contributed by atoms with E-state index in [1.807, 2.05) is 0 Å². The molecular formula is H5O6P. The van der Waals surface area contributed by atoms with Gasteiger partial charge >= 0.3 is 31.8 Å². The van der Waals surface area contributed by atoms with E-state index in [4.69, 9.17) is 14.7 Å². The predicted octanol–water partition coefficient (Wildman–Crippen LogP) is -1.77. The third kappa shape index (κ3) is 2.10. The average Bonchev–Trinajstić information content (AvgIpc) is 1.73. The maximum atomic E-state index is 7.89. The average molecular weight is 132 g/mol. The fourth-order valence-electron chi connectivity index (χ4n) is 0.0447. The molecule has 0 radical (unpaired) electrons. The molecule has 6 nitrogen and oxygen atoms in total. The Labute approximate surface area is 38.5 Å². The van der Waals surface area contributed by atoms with Gasteiger partial charge in [0.2, 0.25) is 0 Å². The zero-order valence-electron chi connectivity index (χ0n) is 3.11. The predicted molar refractivity (Wildman–Crippen MR) is 19.4 cm³/mol. The summed E-state index contributed by atoms with van der Waals surface area (Å²) >= 11 is 0. The maximum absolute atomic E-state index is 7.89. The van der Waals surface area contributed by atoms with Gasteiger partial charge in [-0.25, -0.2) is 0 Å². The Bertz CT molecular complexity index is 67.9. The van der Waals surface area contributed by atoms with Crippen LogP contribution >= 0.6 is 7.74 Å².